The van der Waals surface area contributed by atoms with Gasteiger partial charge in [-0.1, -0.05) is 65.5 Å². The third-order valence-corrected chi connectivity index (χ3v) is 10.7. The van der Waals surface area contributed by atoms with Gasteiger partial charge in [-0.25, -0.2) is 0 Å². The van der Waals surface area contributed by atoms with E-state index in [9.17, 15) is 10.2 Å². The molecular formula is C28H48O2. The average Bonchev–Trinajstić information content (AvgIpc) is 3.05. The van der Waals surface area contributed by atoms with Crippen LogP contribution in [0.25, 0.3) is 0 Å². The van der Waals surface area contributed by atoms with Crippen LogP contribution < -0.4 is 0 Å². The fourth-order valence-corrected chi connectivity index (χ4v) is 9.00. The van der Waals surface area contributed by atoms with Gasteiger partial charge in [-0.05, 0) is 91.3 Å². The van der Waals surface area contributed by atoms with Crippen molar-refractivity contribution in [3.63, 3.8) is 0 Å². The number of rotatable bonds is 6. The van der Waals surface area contributed by atoms with E-state index in [2.05, 4.69) is 40.7 Å². The Morgan fingerprint density at radius 1 is 1.00 bits per heavy atom. The lowest BCUT2D eigenvalue weighted by Crippen LogP contribution is -2.54. The van der Waals surface area contributed by atoms with Crippen molar-refractivity contribution in [3.8, 4) is 0 Å². The zero-order valence-corrected chi connectivity index (χ0v) is 20.4. The monoisotopic (exact) mass is 416 g/mol. The molecule has 7 unspecified atom stereocenters. The van der Waals surface area contributed by atoms with Crippen LogP contribution in [0.2, 0.25) is 0 Å². The molecule has 0 bridgehead atoms. The highest BCUT2D eigenvalue weighted by Crippen LogP contribution is 2.68. The van der Waals surface area contributed by atoms with Gasteiger partial charge < -0.3 is 10.2 Å². The number of aliphatic hydroxyl groups excluding tert-OH is 2. The van der Waals surface area contributed by atoms with Gasteiger partial charge in [0.25, 0.3) is 0 Å². The van der Waals surface area contributed by atoms with Gasteiger partial charge in [0.15, 0.2) is 0 Å². The third-order valence-electron chi connectivity index (χ3n) is 10.7. The van der Waals surface area contributed by atoms with E-state index in [1.807, 2.05) is 0 Å². The van der Waals surface area contributed by atoms with Crippen molar-refractivity contribution in [1.82, 2.24) is 0 Å². The minimum Gasteiger partial charge on any atom is -0.396 e. The molecule has 3 fully saturated rings. The molecule has 0 saturated heterocycles. The summed E-state index contributed by atoms with van der Waals surface area (Å²) in [6.07, 6.45) is 14.8. The molecule has 0 amide bonds. The maximum atomic E-state index is 10.4. The van der Waals surface area contributed by atoms with Crippen molar-refractivity contribution in [2.24, 2.45) is 52.3 Å². The van der Waals surface area contributed by atoms with E-state index in [4.69, 9.17) is 0 Å². The van der Waals surface area contributed by atoms with Gasteiger partial charge in [-0.2, -0.15) is 0 Å². The van der Waals surface area contributed by atoms with Crippen LogP contribution in [-0.2, 0) is 0 Å². The summed E-state index contributed by atoms with van der Waals surface area (Å²) in [4.78, 5) is 0. The van der Waals surface area contributed by atoms with Crippen LogP contribution in [0.5, 0.6) is 0 Å². The van der Waals surface area contributed by atoms with Crippen LogP contribution in [0, 0.1) is 52.3 Å². The van der Waals surface area contributed by atoms with E-state index in [1.54, 1.807) is 0 Å². The van der Waals surface area contributed by atoms with Crippen molar-refractivity contribution >= 4 is 0 Å². The topological polar surface area (TPSA) is 40.5 Å². The zero-order valence-electron chi connectivity index (χ0n) is 20.4. The minimum absolute atomic E-state index is 0.170. The third kappa shape index (κ3) is 3.72. The van der Waals surface area contributed by atoms with Gasteiger partial charge in [-0.3, -0.25) is 0 Å². The molecule has 4 aliphatic rings. The summed E-state index contributed by atoms with van der Waals surface area (Å²) in [5.74, 6) is 4.94. The highest BCUT2D eigenvalue weighted by atomic mass is 16.3. The lowest BCUT2D eigenvalue weighted by molar-refractivity contribution is -0.0827. The van der Waals surface area contributed by atoms with Crippen molar-refractivity contribution in [2.45, 2.75) is 105 Å². The normalized spacial score (nSPS) is 46.7. The van der Waals surface area contributed by atoms with Crippen LogP contribution in [0.15, 0.2) is 11.6 Å². The van der Waals surface area contributed by atoms with E-state index in [0.717, 1.165) is 42.9 Å². The quantitative estimate of drug-likeness (QED) is 0.478. The number of hydrogen-bond acceptors (Lipinski definition) is 2. The highest BCUT2D eigenvalue weighted by Gasteiger charge is 2.60. The van der Waals surface area contributed by atoms with Crippen molar-refractivity contribution < 1.29 is 10.2 Å². The second kappa shape index (κ2) is 8.54. The van der Waals surface area contributed by atoms with E-state index in [0.29, 0.717) is 23.2 Å². The first-order chi connectivity index (χ1) is 14.2. The molecule has 0 aliphatic heterocycles. The van der Waals surface area contributed by atoms with Gasteiger partial charge in [0, 0.05) is 12.5 Å². The SMILES string of the molecule is CC(C)CCCC(C)C1CCC2C3C(CO)C=C4CC(O)CC[C@]4(C)C3CC[C@]12C. The van der Waals surface area contributed by atoms with E-state index < -0.39 is 0 Å². The summed E-state index contributed by atoms with van der Waals surface area (Å²) in [6, 6.07) is 0. The van der Waals surface area contributed by atoms with E-state index in [1.165, 1.54) is 50.5 Å². The van der Waals surface area contributed by atoms with Crippen LogP contribution in [0.4, 0.5) is 0 Å². The Labute approximate surface area is 185 Å². The molecule has 3 saturated carbocycles. The first-order valence-electron chi connectivity index (χ1n) is 13.2. The average molecular weight is 417 g/mol. The Morgan fingerprint density at radius 3 is 2.47 bits per heavy atom. The van der Waals surface area contributed by atoms with Crippen LogP contribution in [0.3, 0.4) is 0 Å². The molecule has 2 N–H and O–H groups in total. The second-order valence-corrected chi connectivity index (χ2v) is 12.7. The predicted molar refractivity (Wildman–Crippen MR) is 125 cm³/mol. The van der Waals surface area contributed by atoms with E-state index in [-0.39, 0.29) is 18.1 Å². The molecule has 0 aromatic carbocycles. The number of fused-ring (bicyclic) bond motifs is 5. The molecule has 0 spiro atoms. The van der Waals surface area contributed by atoms with E-state index >= 15 is 0 Å². The molecule has 0 heterocycles. The molecule has 4 aliphatic carbocycles. The smallest absolute Gasteiger partial charge is 0.0577 e. The fourth-order valence-electron chi connectivity index (χ4n) is 9.00. The lowest BCUT2D eigenvalue weighted by atomic mass is 9.45. The Morgan fingerprint density at radius 2 is 1.77 bits per heavy atom. The summed E-state index contributed by atoms with van der Waals surface area (Å²) < 4.78 is 0. The van der Waals surface area contributed by atoms with Crippen molar-refractivity contribution in [1.29, 1.82) is 0 Å². The Balaban J connectivity index is 1.56. The molecule has 2 nitrogen and oxygen atoms in total. The molecule has 2 heteroatoms. The van der Waals surface area contributed by atoms with Crippen molar-refractivity contribution in [2.75, 3.05) is 6.61 Å². The van der Waals surface area contributed by atoms with Gasteiger partial charge in [0.2, 0.25) is 0 Å². The Bertz CT molecular complexity index is 639. The first kappa shape index (κ1) is 22.8. The summed E-state index contributed by atoms with van der Waals surface area (Å²) in [7, 11) is 0. The maximum Gasteiger partial charge on any atom is 0.0577 e. The first-order valence-corrected chi connectivity index (χ1v) is 13.2. The molecule has 172 valence electrons. The molecule has 30 heavy (non-hydrogen) atoms. The summed E-state index contributed by atoms with van der Waals surface area (Å²) in [5.41, 5.74) is 2.20. The molecule has 0 radical (unpaired) electrons. The van der Waals surface area contributed by atoms with Gasteiger partial charge >= 0.3 is 0 Å². The number of aliphatic hydroxyl groups is 2. The Hall–Kier alpha value is -0.340. The predicted octanol–water partition coefficient (Wildman–Crippen LogP) is 6.61. The molecule has 9 atom stereocenters. The lowest BCUT2D eigenvalue weighted by Gasteiger charge is -2.60. The zero-order chi connectivity index (χ0) is 21.7. The van der Waals surface area contributed by atoms with Crippen LogP contribution in [-0.4, -0.2) is 22.9 Å². The summed E-state index contributed by atoms with van der Waals surface area (Å²) in [6.45, 7) is 12.7. The minimum atomic E-state index is -0.170. The largest absolute Gasteiger partial charge is 0.396 e. The van der Waals surface area contributed by atoms with Gasteiger partial charge in [0.05, 0.1) is 6.10 Å². The van der Waals surface area contributed by atoms with Gasteiger partial charge in [0.1, 0.15) is 0 Å². The van der Waals surface area contributed by atoms with Gasteiger partial charge in [-0.15, -0.1) is 0 Å². The van der Waals surface area contributed by atoms with Crippen LogP contribution in [0.1, 0.15) is 98.8 Å². The molecule has 4 rings (SSSR count). The highest BCUT2D eigenvalue weighted by molar-refractivity contribution is 5.27. The standard InChI is InChI=1S/C28H48O2/c1-18(2)7-6-8-19(3)23-9-10-24-26-20(17-29)15-21-16-22(30)11-13-27(21,4)25(26)12-14-28(23,24)5/h15,18-20,22-26,29-30H,6-14,16-17H2,1-5H3/t19?,20?,22?,23?,24?,25?,26?,27-,28+/m0/s1. The maximum absolute atomic E-state index is 10.4. The second-order valence-electron chi connectivity index (χ2n) is 12.7. The van der Waals surface area contributed by atoms with Crippen molar-refractivity contribution in [3.05, 3.63) is 11.6 Å². The number of hydrogen-bond donors (Lipinski definition) is 2. The van der Waals surface area contributed by atoms with Crippen LogP contribution >= 0.6 is 0 Å². The summed E-state index contributed by atoms with van der Waals surface area (Å²) in [5, 5.41) is 20.7. The Kier molecular flexibility index (Phi) is 6.50. The molecule has 0 aromatic rings. The molecular weight excluding hydrogens is 368 g/mol. The summed E-state index contributed by atoms with van der Waals surface area (Å²) >= 11 is 0. The molecule has 0 aromatic heterocycles. The fraction of sp³-hybridized carbons (Fsp3) is 0.929.